The molecule has 0 spiro atoms. The number of methoxy groups -OCH3 is 1. The number of ether oxygens (including phenoxy) is 1. The second-order valence-corrected chi connectivity index (χ2v) is 4.00. The highest BCUT2D eigenvalue weighted by molar-refractivity contribution is 5.89. The summed E-state index contributed by atoms with van der Waals surface area (Å²) in [6.07, 6.45) is 2.34. The molecule has 104 valence electrons. The zero-order valence-corrected chi connectivity index (χ0v) is 10.5. The molecule has 8 heteroatoms. The highest BCUT2D eigenvalue weighted by Gasteiger charge is 2.20. The number of anilines is 1. The number of nitrogens with zero attached hydrogens (tertiary/aromatic N) is 3. The first kappa shape index (κ1) is 12.4. The van der Waals surface area contributed by atoms with Gasteiger partial charge in [0, 0.05) is 6.20 Å². The quantitative estimate of drug-likeness (QED) is 0.905. The number of alkyl halides is 2. The van der Waals surface area contributed by atoms with Crippen molar-refractivity contribution >= 4 is 22.9 Å². The van der Waals surface area contributed by atoms with Gasteiger partial charge in [-0.2, -0.15) is 10.2 Å². The number of nitrogens with one attached hydrogen (secondary N) is 2. The monoisotopic (exact) mass is 279 g/mol. The minimum Gasteiger partial charge on any atom is -0.492 e. The smallest absolute Gasteiger partial charge is 0.295 e. The number of hydrogen-bond donors (Lipinski definition) is 2. The lowest BCUT2D eigenvalue weighted by Gasteiger charge is -2.22. The summed E-state index contributed by atoms with van der Waals surface area (Å²) in [5.41, 5.74) is 4.29. The van der Waals surface area contributed by atoms with E-state index in [0.29, 0.717) is 22.5 Å². The molecule has 0 unspecified atom stereocenters. The maximum absolute atomic E-state index is 12.7. The lowest BCUT2D eigenvalue weighted by molar-refractivity contribution is 0.142. The van der Waals surface area contributed by atoms with E-state index < -0.39 is 6.43 Å². The standard InChI is InChI=1S/C12H11F2N5O/c1-20-10-8(19-15-5-2-6-16-19)4-3-7-9(10)18-12(17-7)11(13)14/h2-6,11,15H,1H3,(H,17,18). The Morgan fingerprint density at radius 1 is 1.35 bits per heavy atom. The van der Waals surface area contributed by atoms with Crippen LogP contribution in [-0.4, -0.2) is 23.3 Å². The van der Waals surface area contributed by atoms with Crippen LogP contribution in [0.2, 0.25) is 0 Å². The molecule has 3 rings (SSSR count). The number of hydrogen-bond acceptors (Lipinski definition) is 5. The lowest BCUT2D eigenvalue weighted by atomic mass is 10.2. The average Bonchev–Trinajstić information content (AvgIpc) is 2.91. The fraction of sp³-hybridized carbons (Fsp3) is 0.167. The van der Waals surface area contributed by atoms with Gasteiger partial charge in [-0.15, -0.1) is 0 Å². The molecule has 0 aliphatic carbocycles. The van der Waals surface area contributed by atoms with E-state index in [0.717, 1.165) is 0 Å². The molecule has 0 fully saturated rings. The Morgan fingerprint density at radius 2 is 2.20 bits per heavy atom. The molecule has 20 heavy (non-hydrogen) atoms. The number of aromatic amines is 1. The summed E-state index contributed by atoms with van der Waals surface area (Å²) in [7, 11) is 1.46. The van der Waals surface area contributed by atoms with Gasteiger partial charge in [0.15, 0.2) is 11.6 Å². The van der Waals surface area contributed by atoms with E-state index >= 15 is 0 Å². The van der Waals surface area contributed by atoms with Crippen molar-refractivity contribution in [2.24, 2.45) is 5.10 Å². The number of hydrazone groups is 1. The molecule has 1 aromatic carbocycles. The van der Waals surface area contributed by atoms with Gasteiger partial charge in [0.25, 0.3) is 6.43 Å². The van der Waals surface area contributed by atoms with Gasteiger partial charge in [0.2, 0.25) is 0 Å². The first-order chi connectivity index (χ1) is 9.70. The molecular formula is C12H11F2N5O. The minimum atomic E-state index is -2.66. The fourth-order valence-corrected chi connectivity index (χ4v) is 1.96. The van der Waals surface area contributed by atoms with Crippen LogP contribution in [-0.2, 0) is 0 Å². The fourth-order valence-electron chi connectivity index (χ4n) is 1.96. The summed E-state index contributed by atoms with van der Waals surface area (Å²) < 4.78 is 30.7. The maximum atomic E-state index is 12.7. The zero-order chi connectivity index (χ0) is 14.1. The second-order valence-electron chi connectivity index (χ2n) is 4.00. The Morgan fingerprint density at radius 3 is 2.85 bits per heavy atom. The number of hydrazine groups is 1. The molecule has 0 saturated heterocycles. The van der Waals surface area contributed by atoms with E-state index in [-0.39, 0.29) is 5.82 Å². The molecule has 0 atom stereocenters. The van der Waals surface area contributed by atoms with Crippen molar-refractivity contribution in [2.45, 2.75) is 6.43 Å². The Labute approximate surface area is 112 Å². The summed E-state index contributed by atoms with van der Waals surface area (Å²) in [5, 5.41) is 5.57. The van der Waals surface area contributed by atoms with Crippen LogP contribution in [0, 0.1) is 0 Å². The largest absolute Gasteiger partial charge is 0.492 e. The zero-order valence-electron chi connectivity index (χ0n) is 10.5. The summed E-state index contributed by atoms with van der Waals surface area (Å²) in [5.74, 6) is -0.0175. The van der Waals surface area contributed by atoms with Gasteiger partial charge >= 0.3 is 0 Å². The third-order valence-corrected chi connectivity index (χ3v) is 2.81. The van der Waals surface area contributed by atoms with Crippen LogP contribution in [0.1, 0.15) is 12.2 Å². The van der Waals surface area contributed by atoms with Crippen LogP contribution < -0.4 is 15.3 Å². The summed E-state index contributed by atoms with van der Waals surface area (Å²) in [4.78, 5) is 6.45. The molecular weight excluding hydrogens is 268 g/mol. The number of halogens is 2. The van der Waals surface area contributed by atoms with Gasteiger partial charge in [0.05, 0.1) is 18.8 Å². The number of benzene rings is 1. The van der Waals surface area contributed by atoms with E-state index in [1.165, 1.54) is 12.2 Å². The average molecular weight is 279 g/mol. The normalized spacial score (nSPS) is 14.1. The summed E-state index contributed by atoms with van der Waals surface area (Å²) >= 11 is 0. The van der Waals surface area contributed by atoms with E-state index in [2.05, 4.69) is 20.5 Å². The van der Waals surface area contributed by atoms with Crippen LogP contribution in [0.25, 0.3) is 11.0 Å². The first-order valence-electron chi connectivity index (χ1n) is 5.81. The molecule has 1 aromatic heterocycles. The molecule has 0 saturated carbocycles. The van der Waals surface area contributed by atoms with Gasteiger partial charge in [-0.05, 0) is 18.2 Å². The Kier molecular flexibility index (Phi) is 2.97. The van der Waals surface area contributed by atoms with Crippen molar-refractivity contribution in [3.63, 3.8) is 0 Å². The van der Waals surface area contributed by atoms with Gasteiger partial charge in [-0.25, -0.2) is 13.8 Å². The van der Waals surface area contributed by atoms with Gasteiger partial charge in [0.1, 0.15) is 11.2 Å². The number of fused-ring (bicyclic) bond motifs is 1. The molecule has 1 aliphatic rings. The second kappa shape index (κ2) is 4.80. The Bertz CT molecular complexity index is 694. The molecule has 1 aliphatic heterocycles. The Balaban J connectivity index is 2.13. The van der Waals surface area contributed by atoms with Crippen molar-refractivity contribution < 1.29 is 13.5 Å². The number of aromatic nitrogens is 2. The van der Waals surface area contributed by atoms with E-state index in [9.17, 15) is 8.78 Å². The Hall–Kier alpha value is -2.64. The predicted octanol–water partition coefficient (Wildman–Crippen LogP) is 2.33. The van der Waals surface area contributed by atoms with Gasteiger partial charge in [-0.1, -0.05) is 0 Å². The van der Waals surface area contributed by atoms with Crippen molar-refractivity contribution in [3.8, 4) is 5.75 Å². The lowest BCUT2D eigenvalue weighted by Crippen LogP contribution is -2.31. The van der Waals surface area contributed by atoms with Gasteiger partial charge < -0.3 is 9.72 Å². The maximum Gasteiger partial charge on any atom is 0.295 e. The molecule has 2 N–H and O–H groups in total. The number of allylic oxidation sites excluding steroid dienone is 1. The first-order valence-corrected chi connectivity index (χ1v) is 5.81. The van der Waals surface area contributed by atoms with Crippen molar-refractivity contribution in [2.75, 3.05) is 12.2 Å². The third-order valence-electron chi connectivity index (χ3n) is 2.81. The van der Waals surface area contributed by atoms with E-state index in [1.54, 1.807) is 30.6 Å². The number of H-pyrrole nitrogens is 1. The summed E-state index contributed by atoms with van der Waals surface area (Å²) in [6.45, 7) is 0. The van der Waals surface area contributed by atoms with Crippen LogP contribution in [0.5, 0.6) is 5.75 Å². The van der Waals surface area contributed by atoms with E-state index in [4.69, 9.17) is 4.74 Å². The topological polar surface area (TPSA) is 65.5 Å². The van der Waals surface area contributed by atoms with Crippen LogP contribution in [0.15, 0.2) is 29.5 Å². The van der Waals surface area contributed by atoms with Crippen molar-refractivity contribution in [1.29, 1.82) is 0 Å². The van der Waals surface area contributed by atoms with Crippen LogP contribution >= 0.6 is 0 Å². The molecule has 2 heterocycles. The van der Waals surface area contributed by atoms with Crippen molar-refractivity contribution in [1.82, 2.24) is 15.4 Å². The van der Waals surface area contributed by atoms with E-state index in [1.807, 2.05) is 0 Å². The minimum absolute atomic E-state index is 0.340. The number of rotatable bonds is 3. The van der Waals surface area contributed by atoms with Crippen molar-refractivity contribution in [3.05, 3.63) is 30.2 Å². The number of imidazole rings is 1. The third kappa shape index (κ3) is 1.94. The van der Waals surface area contributed by atoms with Crippen LogP contribution in [0.4, 0.5) is 14.5 Å². The molecule has 0 amide bonds. The molecule has 6 nitrogen and oxygen atoms in total. The molecule has 2 aromatic rings. The summed E-state index contributed by atoms with van der Waals surface area (Å²) in [6, 6.07) is 3.36. The predicted molar refractivity (Wildman–Crippen MR) is 70.8 cm³/mol. The SMILES string of the molecule is COc1c(N2N=CC=CN2)ccc2[nH]c(C(F)F)nc12. The van der Waals surface area contributed by atoms with Crippen LogP contribution in [0.3, 0.4) is 0 Å². The molecule has 0 bridgehead atoms. The highest BCUT2D eigenvalue weighted by atomic mass is 19.3. The molecule has 0 radical (unpaired) electrons. The highest BCUT2D eigenvalue weighted by Crippen LogP contribution is 2.35. The van der Waals surface area contributed by atoms with Gasteiger partial charge in [-0.3, -0.25) is 5.43 Å².